The average Bonchev–Trinajstić information content (AvgIpc) is 3.11. The van der Waals surface area contributed by atoms with Crippen molar-refractivity contribution < 1.29 is 22.4 Å². The molecule has 1 saturated carbocycles. The molecular formula is C18H21FN4O4S2. The molecule has 8 nitrogen and oxygen atoms in total. The van der Waals surface area contributed by atoms with Crippen molar-refractivity contribution in [2.24, 2.45) is 0 Å². The number of nitrogens with one attached hydrogen (secondary N) is 2. The Hall–Kier alpha value is -2.40. The molecule has 0 atom stereocenters. The van der Waals surface area contributed by atoms with Gasteiger partial charge in [0.25, 0.3) is 0 Å². The van der Waals surface area contributed by atoms with E-state index in [2.05, 4.69) is 20.8 Å². The van der Waals surface area contributed by atoms with E-state index >= 15 is 0 Å². The van der Waals surface area contributed by atoms with Gasteiger partial charge in [0, 0.05) is 11.6 Å². The zero-order chi connectivity index (χ0) is 20.9. The first-order chi connectivity index (χ1) is 13.8. The lowest BCUT2D eigenvalue weighted by molar-refractivity contribution is -0.114. The third-order valence-electron chi connectivity index (χ3n) is 4.47. The van der Waals surface area contributed by atoms with Crippen LogP contribution < -0.4 is 10.6 Å². The Morgan fingerprint density at radius 1 is 1.00 bits per heavy atom. The van der Waals surface area contributed by atoms with Crippen LogP contribution in [0, 0.1) is 5.82 Å². The normalized spacial score (nSPS) is 15.1. The summed E-state index contributed by atoms with van der Waals surface area (Å²) in [4.78, 5) is 24.0. The van der Waals surface area contributed by atoms with Gasteiger partial charge in [-0.2, -0.15) is 0 Å². The number of halogens is 1. The molecule has 3 rings (SSSR count). The summed E-state index contributed by atoms with van der Waals surface area (Å²) in [6.45, 7) is 0. The van der Waals surface area contributed by atoms with E-state index in [0.717, 1.165) is 42.8 Å². The Morgan fingerprint density at radius 2 is 1.62 bits per heavy atom. The van der Waals surface area contributed by atoms with Crippen molar-refractivity contribution in [3.63, 3.8) is 0 Å². The number of rotatable bonds is 7. The third kappa shape index (κ3) is 6.57. The predicted molar refractivity (Wildman–Crippen MR) is 108 cm³/mol. The molecule has 0 aliphatic heterocycles. The minimum absolute atomic E-state index is 0.251. The summed E-state index contributed by atoms with van der Waals surface area (Å²) in [7, 11) is -3.98. The smallest absolute Gasteiger partial charge is 0.241 e. The van der Waals surface area contributed by atoms with Crippen LogP contribution in [0.1, 0.15) is 43.0 Å². The summed E-state index contributed by atoms with van der Waals surface area (Å²) >= 11 is 1.25. The number of carbonyl (C=O) groups excluding carboxylic acids is 2. The van der Waals surface area contributed by atoms with E-state index in [-0.39, 0.29) is 10.8 Å². The van der Waals surface area contributed by atoms with Crippen LogP contribution in [0.5, 0.6) is 0 Å². The Kier molecular flexibility index (Phi) is 6.91. The molecule has 0 saturated heterocycles. The van der Waals surface area contributed by atoms with Crippen molar-refractivity contribution >= 4 is 43.8 Å². The number of amides is 2. The lowest BCUT2D eigenvalue weighted by Gasteiger charge is -2.18. The van der Waals surface area contributed by atoms with Gasteiger partial charge in [0.15, 0.2) is 9.84 Å². The second kappa shape index (κ2) is 9.40. The highest BCUT2D eigenvalue weighted by Crippen LogP contribution is 2.35. The van der Waals surface area contributed by atoms with Gasteiger partial charge >= 0.3 is 0 Å². The van der Waals surface area contributed by atoms with Crippen LogP contribution in [0.2, 0.25) is 0 Å². The number of nitrogens with zero attached hydrogens (tertiary/aromatic N) is 2. The molecular weight excluding hydrogens is 419 g/mol. The van der Waals surface area contributed by atoms with E-state index in [1.807, 2.05) is 0 Å². The molecule has 1 fully saturated rings. The van der Waals surface area contributed by atoms with E-state index in [9.17, 15) is 22.4 Å². The molecule has 1 aromatic heterocycles. The van der Waals surface area contributed by atoms with Crippen molar-refractivity contribution in [3.05, 3.63) is 35.1 Å². The van der Waals surface area contributed by atoms with E-state index in [1.54, 1.807) is 0 Å². The first-order valence-corrected chi connectivity index (χ1v) is 11.8. The molecule has 2 amide bonds. The first-order valence-electron chi connectivity index (χ1n) is 9.20. The van der Waals surface area contributed by atoms with Crippen molar-refractivity contribution in [2.75, 3.05) is 22.1 Å². The van der Waals surface area contributed by atoms with E-state index < -0.39 is 39.0 Å². The summed E-state index contributed by atoms with van der Waals surface area (Å²) < 4.78 is 37.1. The molecule has 2 aromatic rings. The molecule has 1 aliphatic carbocycles. The Morgan fingerprint density at radius 3 is 2.28 bits per heavy atom. The quantitative estimate of drug-likeness (QED) is 0.683. The maximum absolute atomic E-state index is 12.9. The minimum Gasteiger partial charge on any atom is -0.325 e. The van der Waals surface area contributed by atoms with Crippen LogP contribution >= 0.6 is 11.3 Å². The SMILES string of the molecule is O=C(CS(=O)(=O)CC(=O)Nc1nnc(C2CCCCC2)s1)Nc1ccc(F)cc1. The van der Waals surface area contributed by atoms with E-state index in [1.165, 1.54) is 29.9 Å². The number of hydrogen-bond acceptors (Lipinski definition) is 7. The molecule has 29 heavy (non-hydrogen) atoms. The van der Waals surface area contributed by atoms with E-state index in [0.29, 0.717) is 5.92 Å². The number of aromatic nitrogens is 2. The Bertz CT molecular complexity index is 970. The molecule has 2 N–H and O–H groups in total. The van der Waals surface area contributed by atoms with Gasteiger partial charge in [-0.05, 0) is 37.1 Å². The molecule has 0 spiro atoms. The predicted octanol–water partition coefficient (Wildman–Crippen LogP) is 2.72. The topological polar surface area (TPSA) is 118 Å². The van der Waals surface area contributed by atoms with Crippen molar-refractivity contribution in [2.45, 2.75) is 38.0 Å². The van der Waals surface area contributed by atoms with Gasteiger partial charge in [-0.1, -0.05) is 30.6 Å². The molecule has 1 aliphatic rings. The second-order valence-electron chi connectivity index (χ2n) is 6.92. The number of anilines is 2. The van der Waals surface area contributed by atoms with Crippen LogP contribution in [-0.4, -0.2) is 41.9 Å². The summed E-state index contributed by atoms with van der Waals surface area (Å²) in [5.41, 5.74) is 0.264. The third-order valence-corrected chi connectivity index (χ3v) is 6.88. The van der Waals surface area contributed by atoms with Crippen molar-refractivity contribution in [1.29, 1.82) is 0 Å². The van der Waals surface area contributed by atoms with Crippen LogP contribution in [0.15, 0.2) is 24.3 Å². The Balaban J connectivity index is 1.50. The maximum atomic E-state index is 12.9. The summed E-state index contributed by atoms with van der Waals surface area (Å²) in [6, 6.07) is 4.90. The summed E-state index contributed by atoms with van der Waals surface area (Å²) in [6.07, 6.45) is 5.58. The van der Waals surface area contributed by atoms with Gasteiger partial charge in [0.05, 0.1) is 0 Å². The van der Waals surface area contributed by atoms with Crippen LogP contribution in [0.4, 0.5) is 15.2 Å². The molecule has 156 valence electrons. The van der Waals surface area contributed by atoms with Crippen molar-refractivity contribution in [3.8, 4) is 0 Å². The van der Waals surface area contributed by atoms with Crippen molar-refractivity contribution in [1.82, 2.24) is 10.2 Å². The van der Waals surface area contributed by atoms with Crippen LogP contribution in [-0.2, 0) is 19.4 Å². The largest absolute Gasteiger partial charge is 0.325 e. The Labute approximate surface area is 171 Å². The number of hydrogen-bond donors (Lipinski definition) is 2. The van der Waals surface area contributed by atoms with Gasteiger partial charge in [0.1, 0.15) is 22.3 Å². The van der Waals surface area contributed by atoms with Crippen LogP contribution in [0.25, 0.3) is 0 Å². The summed E-state index contributed by atoms with van der Waals surface area (Å²) in [5, 5.41) is 13.9. The monoisotopic (exact) mass is 440 g/mol. The fourth-order valence-corrected chi connectivity index (χ4v) is 5.11. The second-order valence-corrected chi connectivity index (χ2v) is 9.99. The van der Waals surface area contributed by atoms with Gasteiger partial charge in [0.2, 0.25) is 16.9 Å². The fourth-order valence-electron chi connectivity index (χ4n) is 3.14. The molecule has 1 heterocycles. The molecule has 11 heteroatoms. The van der Waals surface area contributed by atoms with Gasteiger partial charge < -0.3 is 5.32 Å². The lowest BCUT2D eigenvalue weighted by Crippen LogP contribution is -2.30. The highest BCUT2D eigenvalue weighted by Gasteiger charge is 2.23. The standard InChI is InChI=1S/C18H21FN4O4S2/c19-13-6-8-14(9-7-13)20-15(24)10-29(26,27)11-16(25)21-18-23-22-17(28-18)12-4-2-1-3-5-12/h6-9,12H,1-5,10-11H2,(H,20,24)(H,21,23,25). The zero-order valence-electron chi connectivity index (χ0n) is 15.6. The highest BCUT2D eigenvalue weighted by molar-refractivity contribution is 7.92. The molecule has 0 unspecified atom stereocenters. The van der Waals surface area contributed by atoms with Crippen LogP contribution in [0.3, 0.4) is 0 Å². The molecule has 0 radical (unpaired) electrons. The lowest BCUT2D eigenvalue weighted by atomic mass is 9.90. The van der Waals surface area contributed by atoms with Gasteiger partial charge in [-0.3, -0.25) is 14.9 Å². The fraction of sp³-hybridized carbons (Fsp3) is 0.444. The number of benzene rings is 1. The maximum Gasteiger partial charge on any atom is 0.241 e. The highest BCUT2D eigenvalue weighted by atomic mass is 32.2. The van der Waals surface area contributed by atoms with E-state index in [4.69, 9.17) is 0 Å². The van der Waals surface area contributed by atoms with Gasteiger partial charge in [-0.25, -0.2) is 12.8 Å². The number of sulfone groups is 1. The molecule has 0 bridgehead atoms. The average molecular weight is 441 g/mol. The zero-order valence-corrected chi connectivity index (χ0v) is 17.2. The number of carbonyl (C=O) groups is 2. The minimum atomic E-state index is -3.98. The van der Waals surface area contributed by atoms with Gasteiger partial charge in [-0.15, -0.1) is 10.2 Å². The first kappa shape index (κ1) is 21.3. The molecule has 1 aromatic carbocycles. The summed E-state index contributed by atoms with van der Waals surface area (Å²) in [5.74, 6) is -3.42.